The highest BCUT2D eigenvalue weighted by Gasteiger charge is 2.33. The fourth-order valence-corrected chi connectivity index (χ4v) is 6.00. The third-order valence-electron chi connectivity index (χ3n) is 8.19. The van der Waals surface area contributed by atoms with Crippen molar-refractivity contribution < 1.29 is 14.3 Å². The Morgan fingerprint density at radius 2 is 1.76 bits per heavy atom. The summed E-state index contributed by atoms with van der Waals surface area (Å²) >= 11 is 0. The number of hydrogen-bond acceptors (Lipinski definition) is 4. The summed E-state index contributed by atoms with van der Waals surface area (Å²) in [6.45, 7) is 7.88. The van der Waals surface area contributed by atoms with E-state index >= 15 is 0 Å². The summed E-state index contributed by atoms with van der Waals surface area (Å²) < 4.78 is 5.45. The van der Waals surface area contributed by atoms with E-state index in [9.17, 15) is 9.59 Å². The average Bonchev–Trinajstić information content (AvgIpc) is 3.04. The average molecular weight is 505 g/mol. The van der Waals surface area contributed by atoms with Gasteiger partial charge in [-0.2, -0.15) is 0 Å². The van der Waals surface area contributed by atoms with Gasteiger partial charge in [0.15, 0.2) is 0 Å². The summed E-state index contributed by atoms with van der Waals surface area (Å²) in [6.07, 6.45) is 8.18. The Kier molecular flexibility index (Phi) is 9.79. The maximum atomic E-state index is 13.9. The Labute approximate surface area is 223 Å². The van der Waals surface area contributed by atoms with Gasteiger partial charge in [-0.25, -0.2) is 0 Å². The first-order valence-electron chi connectivity index (χ1n) is 14.4. The summed E-state index contributed by atoms with van der Waals surface area (Å²) in [5.74, 6) is 0.844. The van der Waals surface area contributed by atoms with Gasteiger partial charge in [0.05, 0.1) is 25.1 Å². The number of nitrogens with one attached hydrogen (secondary N) is 1. The first-order valence-corrected chi connectivity index (χ1v) is 14.4. The van der Waals surface area contributed by atoms with Gasteiger partial charge in [0.25, 0.3) is 0 Å². The van der Waals surface area contributed by atoms with E-state index in [-0.39, 0.29) is 23.8 Å². The van der Waals surface area contributed by atoms with Gasteiger partial charge >= 0.3 is 5.97 Å². The SMILES string of the molecule is CCOC(=O)C(CCNC1CCc2ccccc2N(Cc2ccc(C(C)C)cc2)C1=O)C1CCCCC1. The Morgan fingerprint density at radius 3 is 2.46 bits per heavy atom. The lowest BCUT2D eigenvalue weighted by molar-refractivity contribution is -0.150. The number of benzene rings is 2. The van der Waals surface area contributed by atoms with E-state index in [4.69, 9.17) is 4.74 Å². The zero-order valence-electron chi connectivity index (χ0n) is 22.9. The van der Waals surface area contributed by atoms with Crippen LogP contribution >= 0.6 is 0 Å². The molecule has 2 atom stereocenters. The Bertz CT molecular complexity index is 1030. The Hall–Kier alpha value is -2.66. The lowest BCUT2D eigenvalue weighted by atomic mass is 9.78. The Morgan fingerprint density at radius 1 is 1.03 bits per heavy atom. The normalized spacial score (nSPS) is 19.4. The molecular weight excluding hydrogens is 460 g/mol. The third-order valence-corrected chi connectivity index (χ3v) is 8.19. The monoisotopic (exact) mass is 504 g/mol. The predicted molar refractivity (Wildman–Crippen MR) is 150 cm³/mol. The number of nitrogens with zero attached hydrogens (tertiary/aromatic N) is 1. The van der Waals surface area contributed by atoms with E-state index < -0.39 is 0 Å². The van der Waals surface area contributed by atoms with E-state index in [2.05, 4.69) is 61.6 Å². The minimum Gasteiger partial charge on any atom is -0.466 e. The van der Waals surface area contributed by atoms with Crippen LogP contribution in [-0.2, 0) is 27.3 Å². The maximum Gasteiger partial charge on any atom is 0.309 e. The zero-order chi connectivity index (χ0) is 26.2. The molecule has 1 aliphatic heterocycles. The standard InChI is InChI=1S/C32H44N2O3/c1-4-37-32(36)28(26-10-6-5-7-11-26)20-21-33-29-19-18-27-12-8-9-13-30(27)34(31(29)35)22-24-14-16-25(17-15-24)23(2)3/h8-9,12-17,23,26,28-29,33H,4-7,10-11,18-22H2,1-3H3. The molecule has 5 nitrogen and oxygen atoms in total. The number of ether oxygens (including phenoxy) is 1. The lowest BCUT2D eigenvalue weighted by Gasteiger charge is -2.30. The number of aryl methyl sites for hydroxylation is 1. The maximum absolute atomic E-state index is 13.9. The van der Waals surface area contributed by atoms with E-state index in [1.807, 2.05) is 17.9 Å². The number of anilines is 1. The van der Waals surface area contributed by atoms with Crippen LogP contribution in [0.5, 0.6) is 0 Å². The number of rotatable bonds is 10. The molecular formula is C32H44N2O3. The molecule has 0 spiro atoms. The molecule has 0 bridgehead atoms. The van der Waals surface area contributed by atoms with Crippen LogP contribution in [0.4, 0.5) is 5.69 Å². The molecule has 2 aliphatic rings. The van der Waals surface area contributed by atoms with Crippen LogP contribution in [0.2, 0.25) is 0 Å². The van der Waals surface area contributed by atoms with Gasteiger partial charge in [-0.1, -0.05) is 75.6 Å². The molecule has 200 valence electrons. The van der Waals surface area contributed by atoms with E-state index in [1.54, 1.807) is 0 Å². The third kappa shape index (κ3) is 7.01. The predicted octanol–water partition coefficient (Wildman–Crippen LogP) is 6.40. The summed E-state index contributed by atoms with van der Waals surface area (Å²) in [4.78, 5) is 28.6. The highest BCUT2D eigenvalue weighted by atomic mass is 16.5. The van der Waals surface area contributed by atoms with Crippen LogP contribution in [0.3, 0.4) is 0 Å². The minimum atomic E-state index is -0.267. The molecule has 1 fully saturated rings. The molecule has 1 amide bonds. The molecule has 0 radical (unpaired) electrons. The highest BCUT2D eigenvalue weighted by Crippen LogP contribution is 2.33. The van der Waals surface area contributed by atoms with Crippen LogP contribution in [-0.4, -0.2) is 31.1 Å². The second kappa shape index (κ2) is 13.2. The number of para-hydroxylation sites is 1. The molecule has 2 unspecified atom stereocenters. The number of fused-ring (bicyclic) bond motifs is 1. The molecule has 37 heavy (non-hydrogen) atoms. The quantitative estimate of drug-likeness (QED) is 0.381. The van der Waals surface area contributed by atoms with Crippen molar-refractivity contribution in [2.45, 2.75) is 90.6 Å². The molecule has 1 saturated carbocycles. The second-order valence-corrected chi connectivity index (χ2v) is 11.0. The van der Waals surface area contributed by atoms with Crippen LogP contribution in [0.15, 0.2) is 48.5 Å². The molecule has 5 heteroatoms. The minimum absolute atomic E-state index is 0.0673. The fourth-order valence-electron chi connectivity index (χ4n) is 6.00. The van der Waals surface area contributed by atoms with Gasteiger partial charge in [0.1, 0.15) is 0 Å². The smallest absolute Gasteiger partial charge is 0.309 e. The van der Waals surface area contributed by atoms with Crippen molar-refractivity contribution in [3.63, 3.8) is 0 Å². The molecule has 0 saturated heterocycles. The highest BCUT2D eigenvalue weighted by molar-refractivity contribution is 5.98. The van der Waals surface area contributed by atoms with Gasteiger partial charge in [-0.3, -0.25) is 9.59 Å². The van der Waals surface area contributed by atoms with Gasteiger partial charge < -0.3 is 15.0 Å². The summed E-state index contributed by atoms with van der Waals surface area (Å²) in [6, 6.07) is 16.6. The van der Waals surface area contributed by atoms with Crippen molar-refractivity contribution in [1.29, 1.82) is 0 Å². The van der Waals surface area contributed by atoms with Gasteiger partial charge in [0, 0.05) is 5.69 Å². The van der Waals surface area contributed by atoms with Crippen molar-refractivity contribution in [2.75, 3.05) is 18.1 Å². The van der Waals surface area contributed by atoms with Gasteiger partial charge in [-0.15, -0.1) is 0 Å². The number of hydrogen-bond donors (Lipinski definition) is 1. The van der Waals surface area contributed by atoms with Crippen molar-refractivity contribution in [3.8, 4) is 0 Å². The van der Waals surface area contributed by atoms with E-state index in [1.165, 1.54) is 30.4 Å². The van der Waals surface area contributed by atoms with Crippen molar-refractivity contribution in [1.82, 2.24) is 5.32 Å². The van der Waals surface area contributed by atoms with E-state index in [0.717, 1.165) is 43.4 Å². The van der Waals surface area contributed by atoms with Crippen LogP contribution < -0.4 is 10.2 Å². The molecule has 4 rings (SSSR count). The molecule has 1 heterocycles. The molecule has 1 N–H and O–H groups in total. The van der Waals surface area contributed by atoms with Crippen molar-refractivity contribution in [2.24, 2.45) is 11.8 Å². The van der Waals surface area contributed by atoms with Crippen LogP contribution in [0, 0.1) is 11.8 Å². The number of carbonyl (C=O) groups excluding carboxylic acids is 2. The number of amides is 1. The molecule has 1 aliphatic carbocycles. The summed E-state index contributed by atoms with van der Waals surface area (Å²) in [7, 11) is 0. The number of esters is 1. The summed E-state index contributed by atoms with van der Waals surface area (Å²) in [5, 5.41) is 3.55. The topological polar surface area (TPSA) is 58.6 Å². The largest absolute Gasteiger partial charge is 0.466 e. The Balaban J connectivity index is 1.46. The van der Waals surface area contributed by atoms with Gasteiger partial charge in [0.2, 0.25) is 5.91 Å². The van der Waals surface area contributed by atoms with Crippen molar-refractivity contribution >= 4 is 17.6 Å². The molecule has 2 aromatic rings. The van der Waals surface area contributed by atoms with E-state index in [0.29, 0.717) is 31.5 Å². The molecule has 2 aromatic carbocycles. The second-order valence-electron chi connectivity index (χ2n) is 11.0. The van der Waals surface area contributed by atoms with Crippen LogP contribution in [0.1, 0.15) is 88.3 Å². The lowest BCUT2D eigenvalue weighted by Crippen LogP contribution is -2.46. The number of carbonyl (C=O) groups is 2. The summed E-state index contributed by atoms with van der Waals surface area (Å²) in [5.41, 5.74) is 4.66. The first-order chi connectivity index (χ1) is 18.0. The fraction of sp³-hybridized carbons (Fsp3) is 0.562. The first kappa shape index (κ1) is 27.4. The van der Waals surface area contributed by atoms with Gasteiger partial charge in [-0.05, 0) is 80.2 Å². The van der Waals surface area contributed by atoms with Crippen molar-refractivity contribution in [3.05, 3.63) is 65.2 Å². The van der Waals surface area contributed by atoms with Crippen LogP contribution in [0.25, 0.3) is 0 Å². The molecule has 0 aromatic heterocycles. The zero-order valence-corrected chi connectivity index (χ0v) is 22.9.